The number of benzene rings is 1. The Labute approximate surface area is 149 Å². The molecule has 2 aliphatic rings. The topological polar surface area (TPSA) is 75.7 Å². The van der Waals surface area contributed by atoms with E-state index in [1.165, 1.54) is 19.3 Å². The fraction of sp³-hybridized carbons (Fsp3) is 0.611. The van der Waals surface area contributed by atoms with Gasteiger partial charge in [0.25, 0.3) is 0 Å². The van der Waals surface area contributed by atoms with Crippen LogP contribution < -0.4 is 14.4 Å². The largest absolute Gasteiger partial charge is 0.492 e. The third kappa shape index (κ3) is 4.08. The maximum atomic E-state index is 12.5. The third-order valence-corrected chi connectivity index (χ3v) is 6.33. The van der Waals surface area contributed by atoms with Gasteiger partial charge in [-0.25, -0.2) is 8.42 Å². The van der Waals surface area contributed by atoms with Crippen LogP contribution in [0.2, 0.25) is 0 Å². The number of nitrogens with zero attached hydrogens (tertiary/aromatic N) is 1. The van der Waals surface area contributed by atoms with Crippen molar-refractivity contribution in [3.05, 3.63) is 24.3 Å². The van der Waals surface area contributed by atoms with E-state index in [9.17, 15) is 13.2 Å². The van der Waals surface area contributed by atoms with Crippen molar-refractivity contribution in [1.29, 1.82) is 0 Å². The molecule has 3 rings (SSSR count). The first-order valence-corrected chi connectivity index (χ1v) is 10.7. The molecule has 0 heterocycles. The van der Waals surface area contributed by atoms with Crippen LogP contribution in [0.1, 0.15) is 32.6 Å². The summed E-state index contributed by atoms with van der Waals surface area (Å²) in [6.07, 6.45) is 5.74. The minimum atomic E-state index is -3.61. The van der Waals surface area contributed by atoms with Crippen LogP contribution in [-0.4, -0.2) is 39.8 Å². The number of carbonyl (C=O) groups is 1. The standard InChI is InChI=1S/C18H26N2O4S/c1-3-24-17-7-5-4-6-16(17)20(25(2,22)23)12-18(21)19-15-11-13-8-9-14(15)10-13/h4-7,13-15H,3,8-12H2,1-2H3,(H,19,21). The van der Waals surface area contributed by atoms with E-state index in [1.54, 1.807) is 24.3 Å². The summed E-state index contributed by atoms with van der Waals surface area (Å²) in [4.78, 5) is 12.5. The highest BCUT2D eigenvalue weighted by atomic mass is 32.2. The summed E-state index contributed by atoms with van der Waals surface area (Å²) in [5.74, 6) is 1.48. The molecule has 2 fully saturated rings. The van der Waals surface area contributed by atoms with Gasteiger partial charge in [0.1, 0.15) is 12.3 Å². The molecule has 0 spiro atoms. The number of fused-ring (bicyclic) bond motifs is 2. The summed E-state index contributed by atoms with van der Waals surface area (Å²) in [7, 11) is -3.61. The number of para-hydroxylation sites is 2. The zero-order valence-corrected chi connectivity index (χ0v) is 15.6. The molecule has 2 bridgehead atoms. The summed E-state index contributed by atoms with van der Waals surface area (Å²) < 4.78 is 31.2. The zero-order chi connectivity index (χ0) is 18.0. The van der Waals surface area contributed by atoms with Crippen LogP contribution in [0.15, 0.2) is 24.3 Å². The molecule has 2 aliphatic carbocycles. The van der Waals surface area contributed by atoms with Crippen LogP contribution in [0.3, 0.4) is 0 Å². The monoisotopic (exact) mass is 366 g/mol. The second kappa shape index (κ2) is 7.23. The Morgan fingerprint density at radius 2 is 2.04 bits per heavy atom. The predicted molar refractivity (Wildman–Crippen MR) is 97.2 cm³/mol. The van der Waals surface area contributed by atoms with Gasteiger partial charge in [0, 0.05) is 6.04 Å². The van der Waals surface area contributed by atoms with Crippen molar-refractivity contribution in [3.8, 4) is 5.75 Å². The average Bonchev–Trinajstić information content (AvgIpc) is 3.15. The summed E-state index contributed by atoms with van der Waals surface area (Å²) in [5, 5.41) is 3.05. The van der Waals surface area contributed by atoms with Crippen molar-refractivity contribution in [3.63, 3.8) is 0 Å². The fourth-order valence-electron chi connectivity index (χ4n) is 4.13. The van der Waals surface area contributed by atoms with Crippen LogP contribution >= 0.6 is 0 Å². The maximum Gasteiger partial charge on any atom is 0.241 e. The highest BCUT2D eigenvalue weighted by Gasteiger charge is 2.40. The van der Waals surface area contributed by atoms with E-state index in [-0.39, 0.29) is 18.5 Å². The Balaban J connectivity index is 1.75. The lowest BCUT2D eigenvalue weighted by Crippen LogP contribution is -2.45. The van der Waals surface area contributed by atoms with Gasteiger partial charge in [-0.1, -0.05) is 18.6 Å². The Bertz CT molecular complexity index is 734. The van der Waals surface area contributed by atoms with Crippen molar-refractivity contribution in [2.75, 3.05) is 23.7 Å². The number of hydrogen-bond acceptors (Lipinski definition) is 4. The Morgan fingerprint density at radius 3 is 2.64 bits per heavy atom. The van der Waals surface area contributed by atoms with Crippen LogP contribution in [-0.2, 0) is 14.8 Å². The van der Waals surface area contributed by atoms with Gasteiger partial charge in [0.2, 0.25) is 15.9 Å². The second-order valence-corrected chi connectivity index (χ2v) is 8.93. The lowest BCUT2D eigenvalue weighted by atomic mass is 9.95. The molecule has 6 nitrogen and oxygen atoms in total. The van der Waals surface area contributed by atoms with Gasteiger partial charge in [-0.2, -0.15) is 0 Å². The van der Waals surface area contributed by atoms with Crippen molar-refractivity contribution in [2.24, 2.45) is 11.8 Å². The molecule has 7 heteroatoms. The summed E-state index contributed by atoms with van der Waals surface area (Å²) in [6.45, 7) is 2.03. The van der Waals surface area contributed by atoms with E-state index in [0.717, 1.165) is 22.9 Å². The summed E-state index contributed by atoms with van der Waals surface area (Å²) >= 11 is 0. The molecule has 3 unspecified atom stereocenters. The third-order valence-electron chi connectivity index (χ3n) is 5.21. The van der Waals surface area contributed by atoms with E-state index in [2.05, 4.69) is 5.32 Å². The molecule has 1 aromatic carbocycles. The molecular formula is C18H26N2O4S. The molecule has 1 amide bonds. The number of nitrogens with one attached hydrogen (secondary N) is 1. The number of amides is 1. The number of ether oxygens (including phenoxy) is 1. The lowest BCUT2D eigenvalue weighted by Gasteiger charge is -2.27. The Morgan fingerprint density at radius 1 is 1.28 bits per heavy atom. The molecule has 0 aliphatic heterocycles. The SMILES string of the molecule is CCOc1ccccc1N(CC(=O)NC1CC2CCC1C2)S(C)(=O)=O. The van der Waals surface area contributed by atoms with Crippen LogP contribution in [0.5, 0.6) is 5.75 Å². The molecule has 0 saturated heterocycles. The van der Waals surface area contributed by atoms with Gasteiger partial charge in [0.15, 0.2) is 0 Å². The van der Waals surface area contributed by atoms with Gasteiger partial charge in [0.05, 0.1) is 18.6 Å². The summed E-state index contributed by atoms with van der Waals surface area (Å²) in [6, 6.07) is 7.09. The Kier molecular flexibility index (Phi) is 5.22. The smallest absolute Gasteiger partial charge is 0.241 e. The van der Waals surface area contributed by atoms with E-state index in [4.69, 9.17) is 4.74 Å². The van der Waals surface area contributed by atoms with E-state index in [0.29, 0.717) is 24.0 Å². The minimum Gasteiger partial charge on any atom is -0.492 e. The van der Waals surface area contributed by atoms with Crippen LogP contribution in [0, 0.1) is 11.8 Å². The van der Waals surface area contributed by atoms with Crippen molar-refractivity contribution in [1.82, 2.24) is 5.32 Å². The first-order valence-electron chi connectivity index (χ1n) is 8.87. The predicted octanol–water partition coefficient (Wildman–Crippen LogP) is 2.16. The molecule has 1 N–H and O–H groups in total. The first kappa shape index (κ1) is 18.0. The maximum absolute atomic E-state index is 12.5. The molecule has 0 aromatic heterocycles. The van der Waals surface area contributed by atoms with E-state index >= 15 is 0 Å². The quantitative estimate of drug-likeness (QED) is 0.802. The zero-order valence-electron chi connectivity index (χ0n) is 14.8. The number of sulfonamides is 1. The van der Waals surface area contributed by atoms with E-state index < -0.39 is 10.0 Å². The van der Waals surface area contributed by atoms with E-state index in [1.807, 2.05) is 6.92 Å². The fourth-order valence-corrected chi connectivity index (χ4v) is 4.99. The number of carbonyl (C=O) groups excluding carboxylic acids is 1. The minimum absolute atomic E-state index is 0.190. The molecule has 3 atom stereocenters. The van der Waals surface area contributed by atoms with Gasteiger partial charge in [-0.3, -0.25) is 9.10 Å². The molecule has 2 saturated carbocycles. The van der Waals surface area contributed by atoms with Crippen molar-refractivity contribution in [2.45, 2.75) is 38.6 Å². The normalized spacial score (nSPS) is 25.0. The summed E-state index contributed by atoms with van der Waals surface area (Å²) in [5.41, 5.74) is 0.398. The number of anilines is 1. The Hall–Kier alpha value is -1.76. The van der Waals surface area contributed by atoms with Crippen molar-refractivity contribution < 1.29 is 17.9 Å². The van der Waals surface area contributed by atoms with Crippen LogP contribution in [0.25, 0.3) is 0 Å². The van der Waals surface area contributed by atoms with Gasteiger partial charge >= 0.3 is 0 Å². The van der Waals surface area contributed by atoms with Gasteiger partial charge < -0.3 is 10.1 Å². The van der Waals surface area contributed by atoms with Gasteiger partial charge in [-0.05, 0) is 50.2 Å². The molecule has 1 aromatic rings. The highest BCUT2D eigenvalue weighted by Crippen LogP contribution is 2.44. The lowest BCUT2D eigenvalue weighted by molar-refractivity contribution is -0.120. The second-order valence-electron chi connectivity index (χ2n) is 7.02. The molecular weight excluding hydrogens is 340 g/mol. The van der Waals surface area contributed by atoms with Crippen molar-refractivity contribution >= 4 is 21.6 Å². The first-order chi connectivity index (χ1) is 11.9. The molecule has 138 valence electrons. The van der Waals surface area contributed by atoms with Crippen LogP contribution in [0.4, 0.5) is 5.69 Å². The number of rotatable bonds is 7. The number of hydrogen-bond donors (Lipinski definition) is 1. The van der Waals surface area contributed by atoms with Gasteiger partial charge in [-0.15, -0.1) is 0 Å². The molecule has 25 heavy (non-hydrogen) atoms. The molecule has 0 radical (unpaired) electrons. The average molecular weight is 366 g/mol. The highest BCUT2D eigenvalue weighted by molar-refractivity contribution is 7.92.